The quantitative estimate of drug-likeness (QED) is 0.826. The van der Waals surface area contributed by atoms with E-state index in [1.165, 1.54) is 11.3 Å². The molecule has 0 aliphatic heterocycles. The molecule has 0 N–H and O–H groups in total. The van der Waals surface area contributed by atoms with Gasteiger partial charge in [-0.05, 0) is 17.7 Å². The van der Waals surface area contributed by atoms with E-state index in [-0.39, 0.29) is 4.87 Å². The molecule has 0 radical (unpaired) electrons. The minimum atomic E-state index is 0.0305. The maximum Gasteiger partial charge on any atom is 0.307 e. The first-order chi connectivity index (χ1) is 8.79. The van der Waals surface area contributed by atoms with Crippen LogP contribution in [0.25, 0.3) is 0 Å². The van der Waals surface area contributed by atoms with E-state index in [4.69, 9.17) is 10.00 Å². The fraction of sp³-hybridized carbons (Fsp3) is 0.231. The topological polar surface area (TPSA) is 55.0 Å². The third kappa shape index (κ3) is 3.22. The molecule has 1 aromatic heterocycles. The highest BCUT2D eigenvalue weighted by Crippen LogP contribution is 2.12. The Morgan fingerprint density at radius 3 is 2.72 bits per heavy atom. The number of nitrogens with zero attached hydrogens (tertiary/aromatic N) is 2. The molecule has 4 nitrogen and oxygen atoms in total. The second-order valence-electron chi connectivity index (χ2n) is 3.69. The lowest BCUT2D eigenvalue weighted by Gasteiger charge is -2.06. The van der Waals surface area contributed by atoms with Gasteiger partial charge in [-0.15, -0.1) is 0 Å². The van der Waals surface area contributed by atoms with Crippen LogP contribution in [0.3, 0.4) is 0 Å². The third-order valence-electron chi connectivity index (χ3n) is 2.45. The van der Waals surface area contributed by atoms with E-state index >= 15 is 0 Å². The smallest absolute Gasteiger partial charge is 0.307 e. The van der Waals surface area contributed by atoms with Gasteiger partial charge in [-0.3, -0.25) is 4.79 Å². The molecular weight excluding hydrogens is 248 g/mol. The summed E-state index contributed by atoms with van der Waals surface area (Å²) in [5.74, 6) is 0.750. The molecule has 92 valence electrons. The molecule has 0 aliphatic carbocycles. The number of hydrogen-bond acceptors (Lipinski definition) is 4. The molecular formula is C13H12N2O2S. The number of hydrogen-bond donors (Lipinski definition) is 0. The monoisotopic (exact) mass is 260 g/mol. The summed E-state index contributed by atoms with van der Waals surface area (Å²) in [6.45, 7) is 0.997. The molecule has 0 saturated carbocycles. The van der Waals surface area contributed by atoms with Crippen molar-refractivity contribution in [3.05, 3.63) is 51.1 Å². The van der Waals surface area contributed by atoms with E-state index in [0.717, 1.165) is 11.3 Å². The highest BCUT2D eigenvalue weighted by molar-refractivity contribution is 7.07. The molecule has 2 rings (SSSR count). The summed E-state index contributed by atoms with van der Waals surface area (Å²) >= 11 is 1.18. The van der Waals surface area contributed by atoms with Crippen molar-refractivity contribution < 1.29 is 4.74 Å². The molecule has 18 heavy (non-hydrogen) atoms. The maximum atomic E-state index is 11.3. The van der Waals surface area contributed by atoms with Gasteiger partial charge in [0.1, 0.15) is 12.4 Å². The van der Waals surface area contributed by atoms with E-state index in [9.17, 15) is 4.79 Å². The van der Waals surface area contributed by atoms with Crippen LogP contribution >= 0.6 is 11.3 Å². The summed E-state index contributed by atoms with van der Waals surface area (Å²) in [6, 6.07) is 9.51. The third-order valence-corrected chi connectivity index (χ3v) is 3.15. The van der Waals surface area contributed by atoms with Gasteiger partial charge in [-0.1, -0.05) is 23.5 Å². The predicted octanol–water partition coefficient (Wildman–Crippen LogP) is 2.05. The van der Waals surface area contributed by atoms with Gasteiger partial charge in [0.05, 0.1) is 19.0 Å². The van der Waals surface area contributed by atoms with Gasteiger partial charge in [-0.2, -0.15) is 5.26 Å². The summed E-state index contributed by atoms with van der Waals surface area (Å²) in [6.07, 6.45) is 2.16. The zero-order valence-electron chi connectivity index (χ0n) is 9.70. The molecule has 1 heterocycles. The Kier molecular flexibility index (Phi) is 4.15. The largest absolute Gasteiger partial charge is 0.492 e. The SMILES string of the molecule is N#CCc1ccc(OCCn2ccsc2=O)cc1. The van der Waals surface area contributed by atoms with Crippen LogP contribution in [0, 0.1) is 11.3 Å². The van der Waals surface area contributed by atoms with Crippen LogP contribution in [-0.4, -0.2) is 11.2 Å². The van der Waals surface area contributed by atoms with Crippen LogP contribution in [-0.2, 0) is 13.0 Å². The fourth-order valence-electron chi connectivity index (χ4n) is 1.51. The van der Waals surface area contributed by atoms with E-state index < -0.39 is 0 Å². The first-order valence-corrected chi connectivity index (χ1v) is 6.40. The molecule has 0 bridgehead atoms. The zero-order valence-corrected chi connectivity index (χ0v) is 10.5. The maximum absolute atomic E-state index is 11.3. The summed E-state index contributed by atoms with van der Waals surface area (Å²) < 4.78 is 7.15. The summed E-state index contributed by atoms with van der Waals surface area (Å²) in [5.41, 5.74) is 0.971. The van der Waals surface area contributed by atoms with Gasteiger partial charge in [0, 0.05) is 11.6 Å². The molecule has 0 amide bonds. The number of rotatable bonds is 5. The molecule has 5 heteroatoms. The van der Waals surface area contributed by atoms with Crippen LogP contribution in [0.15, 0.2) is 40.6 Å². The van der Waals surface area contributed by atoms with Crippen LogP contribution in [0.2, 0.25) is 0 Å². The zero-order chi connectivity index (χ0) is 12.8. The number of aromatic nitrogens is 1. The lowest BCUT2D eigenvalue weighted by molar-refractivity contribution is 0.297. The molecule has 0 atom stereocenters. The standard InChI is InChI=1S/C13H12N2O2S/c14-6-5-11-1-3-12(4-2-11)17-9-7-15-8-10-18-13(15)16/h1-4,8,10H,5,7,9H2. The molecule has 2 aromatic rings. The highest BCUT2D eigenvalue weighted by atomic mass is 32.1. The van der Waals surface area contributed by atoms with E-state index in [2.05, 4.69) is 6.07 Å². The number of thiazole rings is 1. The molecule has 1 aromatic carbocycles. The van der Waals surface area contributed by atoms with Crippen molar-refractivity contribution in [1.29, 1.82) is 5.26 Å². The summed E-state index contributed by atoms with van der Waals surface area (Å²) in [4.78, 5) is 11.3. The first-order valence-electron chi connectivity index (χ1n) is 5.52. The van der Waals surface area contributed by atoms with Crippen molar-refractivity contribution in [3.8, 4) is 11.8 Å². The van der Waals surface area contributed by atoms with Crippen LogP contribution < -0.4 is 9.61 Å². The average molecular weight is 260 g/mol. The van der Waals surface area contributed by atoms with Crippen LogP contribution in [0.4, 0.5) is 0 Å². The van der Waals surface area contributed by atoms with E-state index in [0.29, 0.717) is 19.6 Å². The molecule has 0 spiro atoms. The fourth-order valence-corrected chi connectivity index (χ4v) is 2.12. The van der Waals surface area contributed by atoms with E-state index in [1.54, 1.807) is 16.1 Å². The second kappa shape index (κ2) is 6.03. The minimum Gasteiger partial charge on any atom is -0.492 e. The van der Waals surface area contributed by atoms with Crippen molar-refractivity contribution in [2.24, 2.45) is 0 Å². The van der Waals surface area contributed by atoms with Crippen molar-refractivity contribution in [2.75, 3.05) is 6.61 Å². The highest BCUT2D eigenvalue weighted by Gasteiger charge is 1.98. The average Bonchev–Trinajstić information content (AvgIpc) is 2.78. The lowest BCUT2D eigenvalue weighted by Crippen LogP contribution is -2.16. The van der Waals surface area contributed by atoms with Crippen LogP contribution in [0.1, 0.15) is 5.56 Å². The summed E-state index contributed by atoms with van der Waals surface area (Å²) in [5, 5.41) is 10.3. The molecule has 0 aliphatic rings. The Labute approximate surface area is 109 Å². The Hall–Kier alpha value is -2.06. The predicted molar refractivity (Wildman–Crippen MR) is 69.8 cm³/mol. The van der Waals surface area contributed by atoms with Gasteiger partial charge >= 0.3 is 4.87 Å². The van der Waals surface area contributed by atoms with Gasteiger partial charge in [0.15, 0.2) is 0 Å². The van der Waals surface area contributed by atoms with Gasteiger partial charge < -0.3 is 9.30 Å². The Balaban J connectivity index is 1.85. The molecule has 0 fully saturated rings. The number of nitriles is 1. The van der Waals surface area contributed by atoms with Gasteiger partial charge in [0.25, 0.3) is 0 Å². The number of benzene rings is 1. The van der Waals surface area contributed by atoms with Crippen molar-refractivity contribution >= 4 is 11.3 Å². The summed E-state index contributed by atoms with van der Waals surface area (Å²) in [7, 11) is 0. The normalized spacial score (nSPS) is 9.94. The van der Waals surface area contributed by atoms with Gasteiger partial charge in [-0.25, -0.2) is 0 Å². The van der Waals surface area contributed by atoms with Gasteiger partial charge in [0.2, 0.25) is 0 Å². The molecule has 0 saturated heterocycles. The Morgan fingerprint density at radius 2 is 2.11 bits per heavy atom. The minimum absolute atomic E-state index is 0.0305. The van der Waals surface area contributed by atoms with Crippen molar-refractivity contribution in [3.63, 3.8) is 0 Å². The Morgan fingerprint density at radius 1 is 1.33 bits per heavy atom. The first kappa shape index (κ1) is 12.4. The van der Waals surface area contributed by atoms with Crippen LogP contribution in [0.5, 0.6) is 5.75 Å². The van der Waals surface area contributed by atoms with Crippen molar-refractivity contribution in [1.82, 2.24) is 4.57 Å². The Bertz CT molecular complexity index is 592. The molecule has 0 unspecified atom stereocenters. The lowest BCUT2D eigenvalue weighted by atomic mass is 10.2. The van der Waals surface area contributed by atoms with E-state index in [1.807, 2.05) is 24.3 Å². The van der Waals surface area contributed by atoms with Crippen molar-refractivity contribution in [2.45, 2.75) is 13.0 Å². The second-order valence-corrected chi connectivity index (χ2v) is 4.55. The number of ether oxygens (including phenoxy) is 1.